The van der Waals surface area contributed by atoms with E-state index in [1.807, 2.05) is 0 Å². The molecule has 1 saturated carbocycles. The average Bonchev–Trinajstić information content (AvgIpc) is 3.50. The van der Waals surface area contributed by atoms with Crippen molar-refractivity contribution in [2.24, 2.45) is 4.99 Å². The Kier molecular flexibility index (Phi) is 11.0. The second-order valence-corrected chi connectivity index (χ2v) is 8.27. The lowest BCUT2D eigenvalue weighted by Crippen LogP contribution is -2.54. The van der Waals surface area contributed by atoms with E-state index in [1.165, 1.54) is 0 Å². The Balaban J connectivity index is 0.00000300. The van der Waals surface area contributed by atoms with Gasteiger partial charge in [-0.2, -0.15) is 0 Å². The third-order valence-corrected chi connectivity index (χ3v) is 5.77. The molecule has 0 aromatic heterocycles. The van der Waals surface area contributed by atoms with Gasteiger partial charge in [-0.3, -0.25) is 14.7 Å². The highest BCUT2D eigenvalue weighted by Gasteiger charge is 2.26. The van der Waals surface area contributed by atoms with Gasteiger partial charge < -0.3 is 25.5 Å². The van der Waals surface area contributed by atoms with Crippen molar-refractivity contribution in [2.45, 2.75) is 51.2 Å². The van der Waals surface area contributed by atoms with E-state index in [-0.39, 0.29) is 36.0 Å². The van der Waals surface area contributed by atoms with Gasteiger partial charge in [0.05, 0.1) is 12.6 Å². The molecular formula is C20H39IN6O2. The van der Waals surface area contributed by atoms with Crippen molar-refractivity contribution in [1.29, 1.82) is 0 Å². The summed E-state index contributed by atoms with van der Waals surface area (Å²) in [6.07, 6.45) is 5.02. The molecular weight excluding hydrogens is 483 g/mol. The fourth-order valence-corrected chi connectivity index (χ4v) is 3.87. The summed E-state index contributed by atoms with van der Waals surface area (Å²) in [5.74, 6) is 1.17. The molecule has 3 N–H and O–H groups in total. The minimum absolute atomic E-state index is 0. The SMILES string of the molecule is CCNC(=NCCCN1CCC(O)CC1)N1CCN(CC(=O)NC2CC2)CC1.I. The number of carbonyl (C=O) groups excluding carboxylic acids is 1. The average molecular weight is 522 g/mol. The van der Waals surface area contributed by atoms with E-state index in [2.05, 4.69) is 32.3 Å². The van der Waals surface area contributed by atoms with Gasteiger partial charge in [0.2, 0.25) is 5.91 Å². The number of aliphatic hydroxyl groups excluding tert-OH is 1. The maximum absolute atomic E-state index is 12.0. The molecule has 2 saturated heterocycles. The molecule has 0 aromatic rings. The number of hydrogen-bond acceptors (Lipinski definition) is 5. The van der Waals surface area contributed by atoms with E-state index in [0.717, 1.165) is 97.0 Å². The molecule has 2 heterocycles. The summed E-state index contributed by atoms with van der Waals surface area (Å²) in [4.78, 5) is 23.8. The highest BCUT2D eigenvalue weighted by Crippen LogP contribution is 2.18. The second-order valence-electron chi connectivity index (χ2n) is 8.27. The lowest BCUT2D eigenvalue weighted by Gasteiger charge is -2.36. The quantitative estimate of drug-likeness (QED) is 0.184. The Hall–Kier alpha value is -0.650. The normalized spacial score (nSPS) is 22.3. The topological polar surface area (TPSA) is 83.4 Å². The molecule has 9 heteroatoms. The van der Waals surface area contributed by atoms with Crippen molar-refractivity contribution in [1.82, 2.24) is 25.3 Å². The van der Waals surface area contributed by atoms with Crippen molar-refractivity contribution in [3.05, 3.63) is 0 Å². The number of aliphatic imine (C=N–C) groups is 1. The summed E-state index contributed by atoms with van der Waals surface area (Å²) in [5, 5.41) is 16.1. The molecule has 0 radical (unpaired) electrons. The van der Waals surface area contributed by atoms with Crippen molar-refractivity contribution >= 4 is 35.8 Å². The molecule has 8 nitrogen and oxygen atoms in total. The van der Waals surface area contributed by atoms with E-state index in [4.69, 9.17) is 4.99 Å². The standard InChI is InChI=1S/C20H38N6O2.HI/c1-2-21-20(22-8-3-9-24-10-6-18(27)7-11-24)26-14-12-25(13-15-26)16-19(28)23-17-4-5-17;/h17-18,27H,2-16H2,1H3,(H,21,22)(H,23,28);1H. The lowest BCUT2D eigenvalue weighted by molar-refractivity contribution is -0.122. The second kappa shape index (κ2) is 12.9. The molecule has 0 atom stereocenters. The van der Waals surface area contributed by atoms with Crippen LogP contribution >= 0.6 is 24.0 Å². The molecule has 3 aliphatic rings. The van der Waals surface area contributed by atoms with Gasteiger partial charge in [0, 0.05) is 58.4 Å². The van der Waals surface area contributed by atoms with Crippen LogP contribution in [0.4, 0.5) is 0 Å². The van der Waals surface area contributed by atoms with E-state index < -0.39 is 0 Å². The van der Waals surface area contributed by atoms with Crippen molar-refractivity contribution in [3.8, 4) is 0 Å². The van der Waals surface area contributed by atoms with E-state index in [0.29, 0.717) is 12.6 Å². The van der Waals surface area contributed by atoms with Crippen LogP contribution in [0.3, 0.4) is 0 Å². The summed E-state index contributed by atoms with van der Waals surface area (Å²) >= 11 is 0. The van der Waals surface area contributed by atoms with Gasteiger partial charge in [-0.1, -0.05) is 0 Å². The van der Waals surface area contributed by atoms with Gasteiger partial charge in [-0.15, -0.1) is 24.0 Å². The highest BCUT2D eigenvalue weighted by atomic mass is 127. The summed E-state index contributed by atoms with van der Waals surface area (Å²) < 4.78 is 0. The zero-order valence-corrected chi connectivity index (χ0v) is 20.1. The van der Waals surface area contributed by atoms with Crippen LogP contribution in [-0.2, 0) is 4.79 Å². The number of piperidine rings is 1. The first-order chi connectivity index (χ1) is 13.6. The number of rotatable bonds is 8. The van der Waals surface area contributed by atoms with Crippen LogP contribution in [0.25, 0.3) is 0 Å². The fraction of sp³-hybridized carbons (Fsp3) is 0.900. The summed E-state index contributed by atoms with van der Waals surface area (Å²) in [6.45, 7) is 11.0. The van der Waals surface area contributed by atoms with Crippen LogP contribution in [0.15, 0.2) is 4.99 Å². The number of nitrogens with zero attached hydrogens (tertiary/aromatic N) is 4. The number of carbonyl (C=O) groups is 1. The maximum atomic E-state index is 12.0. The Morgan fingerprint density at radius 1 is 1.03 bits per heavy atom. The van der Waals surface area contributed by atoms with Gasteiger partial charge in [-0.25, -0.2) is 0 Å². The molecule has 3 rings (SSSR count). The van der Waals surface area contributed by atoms with Crippen LogP contribution in [0, 0.1) is 0 Å². The van der Waals surface area contributed by atoms with Gasteiger partial charge in [0.15, 0.2) is 5.96 Å². The predicted molar refractivity (Wildman–Crippen MR) is 127 cm³/mol. The van der Waals surface area contributed by atoms with E-state index >= 15 is 0 Å². The fourth-order valence-electron chi connectivity index (χ4n) is 3.87. The Bertz CT molecular complexity index is 515. The number of piperazine rings is 1. The van der Waals surface area contributed by atoms with Crippen LogP contribution < -0.4 is 10.6 Å². The molecule has 0 bridgehead atoms. The van der Waals surface area contributed by atoms with E-state index in [9.17, 15) is 9.90 Å². The molecule has 1 aliphatic carbocycles. The third kappa shape index (κ3) is 8.94. The monoisotopic (exact) mass is 522 g/mol. The number of nitrogens with one attached hydrogen (secondary N) is 2. The van der Waals surface area contributed by atoms with Crippen molar-refractivity contribution in [3.63, 3.8) is 0 Å². The van der Waals surface area contributed by atoms with Crippen LogP contribution in [0.5, 0.6) is 0 Å². The first-order valence-corrected chi connectivity index (χ1v) is 11.1. The Morgan fingerprint density at radius 3 is 2.34 bits per heavy atom. The first-order valence-electron chi connectivity index (χ1n) is 11.1. The molecule has 0 unspecified atom stereocenters. The summed E-state index contributed by atoms with van der Waals surface area (Å²) in [7, 11) is 0. The molecule has 3 fully saturated rings. The minimum Gasteiger partial charge on any atom is -0.393 e. The van der Waals surface area contributed by atoms with Crippen molar-refractivity contribution in [2.75, 3.05) is 65.4 Å². The molecule has 0 spiro atoms. The highest BCUT2D eigenvalue weighted by molar-refractivity contribution is 14.0. The van der Waals surface area contributed by atoms with Gasteiger partial charge in [-0.05, 0) is 45.6 Å². The predicted octanol–water partition coefficient (Wildman–Crippen LogP) is 0.313. The molecule has 2 aliphatic heterocycles. The van der Waals surface area contributed by atoms with Gasteiger partial charge >= 0.3 is 0 Å². The zero-order chi connectivity index (χ0) is 19.8. The molecule has 168 valence electrons. The number of guanidine groups is 1. The van der Waals surface area contributed by atoms with Crippen molar-refractivity contribution < 1.29 is 9.90 Å². The van der Waals surface area contributed by atoms with Gasteiger partial charge in [0.1, 0.15) is 0 Å². The molecule has 1 amide bonds. The maximum Gasteiger partial charge on any atom is 0.234 e. The number of aliphatic hydroxyl groups is 1. The Morgan fingerprint density at radius 2 is 1.72 bits per heavy atom. The number of likely N-dealkylation sites (tertiary alicyclic amines) is 1. The summed E-state index contributed by atoms with van der Waals surface area (Å²) in [6, 6.07) is 0.441. The van der Waals surface area contributed by atoms with Crippen LogP contribution in [0.1, 0.15) is 39.0 Å². The number of amides is 1. The Labute approximate surface area is 192 Å². The minimum atomic E-state index is -0.104. The van der Waals surface area contributed by atoms with Crippen LogP contribution in [0.2, 0.25) is 0 Å². The van der Waals surface area contributed by atoms with Gasteiger partial charge in [0.25, 0.3) is 0 Å². The third-order valence-electron chi connectivity index (χ3n) is 5.77. The number of halogens is 1. The smallest absolute Gasteiger partial charge is 0.234 e. The largest absolute Gasteiger partial charge is 0.393 e. The van der Waals surface area contributed by atoms with Crippen LogP contribution in [-0.4, -0.2) is 109 Å². The number of hydrogen-bond donors (Lipinski definition) is 3. The zero-order valence-electron chi connectivity index (χ0n) is 17.8. The lowest BCUT2D eigenvalue weighted by atomic mass is 10.1. The summed E-state index contributed by atoms with van der Waals surface area (Å²) in [5.41, 5.74) is 0. The van der Waals surface area contributed by atoms with E-state index in [1.54, 1.807) is 0 Å². The molecule has 0 aromatic carbocycles. The first kappa shape index (κ1) is 24.6. The molecule has 29 heavy (non-hydrogen) atoms.